The predicted octanol–water partition coefficient (Wildman–Crippen LogP) is 0.936. The van der Waals surface area contributed by atoms with Crippen molar-refractivity contribution in [3.05, 3.63) is 42.0 Å². The number of carbonyl (C=O) groups excluding carboxylic acids is 3. The summed E-state index contributed by atoms with van der Waals surface area (Å²) in [6.07, 6.45) is 3.30. The lowest BCUT2D eigenvalue weighted by molar-refractivity contribution is -0.137. The van der Waals surface area contributed by atoms with Gasteiger partial charge in [-0.2, -0.15) is 0 Å². The normalized spacial score (nSPS) is 12.9. The zero-order chi connectivity index (χ0) is 29.9. The summed E-state index contributed by atoms with van der Waals surface area (Å²) in [7, 11) is 0. The lowest BCUT2D eigenvalue weighted by Gasteiger charge is -2.13. The Morgan fingerprint density at radius 1 is 0.476 bits per heavy atom. The van der Waals surface area contributed by atoms with Crippen LogP contribution in [0.4, 0.5) is 0 Å². The van der Waals surface area contributed by atoms with Crippen molar-refractivity contribution in [3.8, 4) is 5.75 Å². The molecule has 2 amide bonds. The van der Waals surface area contributed by atoms with Crippen molar-refractivity contribution in [2.45, 2.75) is 0 Å². The highest BCUT2D eigenvalue weighted by molar-refractivity contribution is 6.12. The number of hydrogen-bond donors (Lipinski definition) is 0. The maximum atomic E-state index is 11.4. The largest absolute Gasteiger partial charge is 0.491 e. The topological polar surface area (TPSA) is 138 Å². The summed E-state index contributed by atoms with van der Waals surface area (Å²) in [4.78, 5) is 34.5. The van der Waals surface area contributed by atoms with E-state index in [-0.39, 0.29) is 25.0 Å². The zero-order valence-corrected chi connectivity index (χ0v) is 24.1. The molecule has 2 rings (SSSR count). The average molecular weight is 598 g/mol. The average Bonchev–Trinajstić information content (AvgIpc) is 3.33. The van der Waals surface area contributed by atoms with E-state index in [0.717, 1.165) is 11.2 Å². The number of rotatable bonds is 29. The number of aldehydes is 1. The first-order valence-corrected chi connectivity index (χ1v) is 14.0. The van der Waals surface area contributed by atoms with E-state index < -0.39 is 0 Å². The molecule has 0 atom stereocenters. The Bertz CT molecular complexity index is 862. The van der Waals surface area contributed by atoms with Crippen LogP contribution in [-0.2, 0) is 47.5 Å². The molecule has 1 aromatic carbocycles. The second kappa shape index (κ2) is 24.8. The van der Waals surface area contributed by atoms with Gasteiger partial charge in [-0.25, -0.2) is 0 Å². The van der Waals surface area contributed by atoms with Crippen molar-refractivity contribution < 1.29 is 57.0 Å². The molecule has 0 bridgehead atoms. The first-order chi connectivity index (χ1) is 20.7. The summed E-state index contributed by atoms with van der Waals surface area (Å²) >= 11 is 0. The molecule has 0 fully saturated rings. The van der Waals surface area contributed by atoms with E-state index in [1.807, 2.05) is 0 Å². The highest BCUT2D eigenvalue weighted by atomic mass is 16.6. The monoisotopic (exact) mass is 597 g/mol. The van der Waals surface area contributed by atoms with E-state index in [1.165, 1.54) is 12.2 Å². The number of carbonyl (C=O) groups is 3. The Morgan fingerprint density at radius 2 is 0.810 bits per heavy atom. The van der Waals surface area contributed by atoms with Gasteiger partial charge in [-0.1, -0.05) is 0 Å². The van der Waals surface area contributed by atoms with Crippen LogP contribution in [0, 0.1) is 0 Å². The molecule has 0 aliphatic carbocycles. The van der Waals surface area contributed by atoms with Crippen molar-refractivity contribution in [3.63, 3.8) is 0 Å². The molecule has 0 saturated heterocycles. The Balaban J connectivity index is 1.18. The van der Waals surface area contributed by atoms with Gasteiger partial charge in [-0.15, -0.1) is 0 Å². The zero-order valence-electron chi connectivity index (χ0n) is 24.1. The first kappa shape index (κ1) is 35.4. The molecule has 1 aromatic rings. The first-order valence-electron chi connectivity index (χ1n) is 14.0. The van der Waals surface area contributed by atoms with E-state index >= 15 is 0 Å². The lowest BCUT2D eigenvalue weighted by Crippen LogP contribution is -2.33. The molecule has 13 nitrogen and oxygen atoms in total. The third-order valence-electron chi connectivity index (χ3n) is 5.48. The van der Waals surface area contributed by atoms with Crippen LogP contribution >= 0.6 is 0 Å². The number of nitrogens with zero attached hydrogens (tertiary/aromatic N) is 1. The SMILES string of the molecule is O=Cc1ccc(OCCOCCOCCOCCOCCOCCOCCOCCOCCN2C(=O)C=CC2=O)cc1. The molecule has 13 heteroatoms. The van der Waals surface area contributed by atoms with E-state index in [2.05, 4.69) is 0 Å². The second-order valence-corrected chi connectivity index (χ2v) is 8.60. The Kier molecular flexibility index (Phi) is 20.9. The van der Waals surface area contributed by atoms with E-state index in [9.17, 15) is 14.4 Å². The van der Waals surface area contributed by atoms with Crippen LogP contribution < -0.4 is 4.74 Å². The third-order valence-corrected chi connectivity index (χ3v) is 5.48. The minimum absolute atomic E-state index is 0.238. The molecule has 42 heavy (non-hydrogen) atoms. The van der Waals surface area contributed by atoms with Gasteiger partial charge in [0.25, 0.3) is 11.8 Å². The van der Waals surface area contributed by atoms with Crippen LogP contribution in [-0.4, -0.2) is 142 Å². The standard InChI is InChI=1S/C29H43NO12/c31-25-26-1-3-27(4-2-26)42-24-23-41-22-21-40-20-19-39-18-17-38-16-15-37-14-13-36-12-11-35-10-9-34-8-7-30-28(32)5-6-29(30)33/h1-6,25H,7-24H2. The van der Waals surface area contributed by atoms with Gasteiger partial charge in [-0.3, -0.25) is 19.3 Å². The minimum Gasteiger partial charge on any atom is -0.491 e. The molecule has 0 radical (unpaired) electrons. The fourth-order valence-electron chi connectivity index (χ4n) is 3.31. The summed E-state index contributed by atoms with van der Waals surface area (Å²) in [5, 5.41) is 0. The quantitative estimate of drug-likeness (QED) is 0.0738. The summed E-state index contributed by atoms with van der Waals surface area (Å²) in [6, 6.07) is 6.91. The number of benzene rings is 1. The van der Waals surface area contributed by atoms with Crippen molar-refractivity contribution in [2.75, 3.05) is 119 Å². The van der Waals surface area contributed by atoms with Gasteiger partial charge in [0.1, 0.15) is 18.6 Å². The third kappa shape index (κ3) is 17.9. The van der Waals surface area contributed by atoms with Gasteiger partial charge in [0.15, 0.2) is 0 Å². The molecular formula is C29H43NO12. The van der Waals surface area contributed by atoms with Crippen LogP contribution in [0.1, 0.15) is 10.4 Å². The fourth-order valence-corrected chi connectivity index (χ4v) is 3.31. The molecule has 1 heterocycles. The molecule has 0 saturated carbocycles. The molecular weight excluding hydrogens is 554 g/mol. The van der Waals surface area contributed by atoms with E-state index in [0.29, 0.717) is 117 Å². The van der Waals surface area contributed by atoms with Crippen LogP contribution in [0.15, 0.2) is 36.4 Å². The minimum atomic E-state index is -0.309. The number of hydrogen-bond acceptors (Lipinski definition) is 12. The van der Waals surface area contributed by atoms with Gasteiger partial charge in [0, 0.05) is 17.7 Å². The van der Waals surface area contributed by atoms with Crippen LogP contribution in [0.3, 0.4) is 0 Å². The van der Waals surface area contributed by atoms with Gasteiger partial charge in [-0.05, 0) is 24.3 Å². The molecule has 236 valence electrons. The summed E-state index contributed by atoms with van der Waals surface area (Å²) in [5.41, 5.74) is 0.612. The molecule has 1 aliphatic rings. The van der Waals surface area contributed by atoms with Crippen LogP contribution in [0.25, 0.3) is 0 Å². The number of imide groups is 1. The van der Waals surface area contributed by atoms with Crippen molar-refractivity contribution >= 4 is 18.1 Å². The van der Waals surface area contributed by atoms with Crippen LogP contribution in [0.5, 0.6) is 5.75 Å². The number of amides is 2. The Labute approximate surface area is 246 Å². The van der Waals surface area contributed by atoms with Gasteiger partial charge in [0.05, 0.1) is 112 Å². The molecule has 0 spiro atoms. The highest BCUT2D eigenvalue weighted by Gasteiger charge is 2.22. The van der Waals surface area contributed by atoms with E-state index in [4.69, 9.17) is 42.6 Å². The number of ether oxygens (including phenoxy) is 9. The second-order valence-electron chi connectivity index (χ2n) is 8.60. The van der Waals surface area contributed by atoms with Gasteiger partial charge < -0.3 is 42.6 Å². The van der Waals surface area contributed by atoms with Crippen molar-refractivity contribution in [2.24, 2.45) is 0 Å². The molecule has 1 aliphatic heterocycles. The van der Waals surface area contributed by atoms with Crippen molar-refractivity contribution in [1.82, 2.24) is 4.90 Å². The molecule has 0 unspecified atom stereocenters. The summed E-state index contributed by atoms with van der Waals surface area (Å²) < 4.78 is 48.9. The highest BCUT2D eigenvalue weighted by Crippen LogP contribution is 2.10. The maximum Gasteiger partial charge on any atom is 0.253 e. The van der Waals surface area contributed by atoms with E-state index in [1.54, 1.807) is 24.3 Å². The summed E-state index contributed by atoms with van der Waals surface area (Å²) in [5.74, 6) is 0.0802. The molecule has 0 aromatic heterocycles. The maximum absolute atomic E-state index is 11.4. The lowest BCUT2D eigenvalue weighted by atomic mass is 10.2. The predicted molar refractivity (Wildman–Crippen MR) is 150 cm³/mol. The fraction of sp³-hybridized carbons (Fsp3) is 0.621. The Hall–Kier alpha value is -2.75. The Morgan fingerprint density at radius 3 is 1.17 bits per heavy atom. The van der Waals surface area contributed by atoms with Crippen LogP contribution in [0.2, 0.25) is 0 Å². The van der Waals surface area contributed by atoms with Crippen molar-refractivity contribution in [1.29, 1.82) is 0 Å². The summed E-state index contributed by atoms with van der Waals surface area (Å²) in [6.45, 7) is 7.81. The molecule has 0 N–H and O–H groups in total. The van der Waals surface area contributed by atoms with Gasteiger partial charge in [0.2, 0.25) is 0 Å². The smallest absolute Gasteiger partial charge is 0.253 e. The van der Waals surface area contributed by atoms with Gasteiger partial charge >= 0.3 is 0 Å².